The van der Waals surface area contributed by atoms with Gasteiger partial charge in [-0.1, -0.05) is 11.4 Å². The zero-order valence-electron chi connectivity index (χ0n) is 10.3. The zero-order valence-corrected chi connectivity index (χ0v) is 11.1. The van der Waals surface area contributed by atoms with E-state index in [1.54, 1.807) is 18.5 Å². The first kappa shape index (κ1) is 12.9. The summed E-state index contributed by atoms with van der Waals surface area (Å²) in [6.07, 6.45) is 3.46. The average molecular weight is 265 g/mol. The van der Waals surface area contributed by atoms with Crippen LogP contribution in [0, 0.1) is 6.92 Å². The predicted molar refractivity (Wildman–Crippen MR) is 68.7 cm³/mol. The predicted octanol–water partition coefficient (Wildman–Crippen LogP) is 2.11. The van der Waals surface area contributed by atoms with Gasteiger partial charge in [-0.3, -0.25) is 4.98 Å². The maximum Gasteiger partial charge on any atom is 0.137 e. The maximum atomic E-state index is 10.2. The molecule has 0 aliphatic carbocycles. The lowest BCUT2D eigenvalue weighted by Gasteiger charge is -2.10. The van der Waals surface area contributed by atoms with Crippen molar-refractivity contribution in [2.24, 2.45) is 0 Å². The Morgan fingerprint density at radius 2 is 2.28 bits per heavy atom. The SMILES string of the molecule is CCCOc1cncc(C(O)c2snnc2C)c1. The number of nitrogens with zero attached hydrogens (tertiary/aromatic N) is 3. The second-order valence-electron chi connectivity index (χ2n) is 3.93. The smallest absolute Gasteiger partial charge is 0.137 e. The molecule has 2 aromatic heterocycles. The van der Waals surface area contributed by atoms with Crippen LogP contribution >= 0.6 is 11.5 Å². The van der Waals surface area contributed by atoms with Crippen LogP contribution in [0.5, 0.6) is 5.75 Å². The molecule has 0 radical (unpaired) electrons. The standard InChI is InChI=1S/C12H15N3O2S/c1-3-4-17-10-5-9(6-13-7-10)11(16)12-8(2)14-15-18-12/h5-7,11,16H,3-4H2,1-2H3. The molecule has 96 valence electrons. The monoisotopic (exact) mass is 265 g/mol. The summed E-state index contributed by atoms with van der Waals surface area (Å²) >= 11 is 1.20. The van der Waals surface area contributed by atoms with E-state index >= 15 is 0 Å². The molecule has 1 atom stereocenters. The molecule has 2 aromatic rings. The molecule has 2 rings (SSSR count). The third-order valence-corrected chi connectivity index (χ3v) is 3.34. The van der Waals surface area contributed by atoms with Gasteiger partial charge in [-0.15, -0.1) is 5.10 Å². The van der Waals surface area contributed by atoms with Crippen molar-refractivity contribution in [3.8, 4) is 5.75 Å². The maximum absolute atomic E-state index is 10.2. The quantitative estimate of drug-likeness (QED) is 0.896. The van der Waals surface area contributed by atoms with E-state index in [2.05, 4.69) is 14.6 Å². The molecular weight excluding hydrogens is 250 g/mol. The largest absolute Gasteiger partial charge is 0.492 e. The average Bonchev–Trinajstić information content (AvgIpc) is 2.82. The Morgan fingerprint density at radius 1 is 1.44 bits per heavy atom. The van der Waals surface area contributed by atoms with E-state index in [9.17, 15) is 5.11 Å². The van der Waals surface area contributed by atoms with Crippen molar-refractivity contribution in [3.05, 3.63) is 34.6 Å². The summed E-state index contributed by atoms with van der Waals surface area (Å²) < 4.78 is 9.31. The number of aromatic nitrogens is 3. The second kappa shape index (κ2) is 5.88. The van der Waals surface area contributed by atoms with Crippen LogP contribution in [0.2, 0.25) is 0 Å². The van der Waals surface area contributed by atoms with Gasteiger partial charge >= 0.3 is 0 Å². The molecular formula is C12H15N3O2S. The van der Waals surface area contributed by atoms with Gasteiger partial charge in [0.15, 0.2) is 0 Å². The third-order valence-electron chi connectivity index (χ3n) is 2.46. The number of aliphatic hydroxyl groups is 1. The summed E-state index contributed by atoms with van der Waals surface area (Å²) in [7, 11) is 0. The third kappa shape index (κ3) is 2.83. The molecule has 18 heavy (non-hydrogen) atoms. The van der Waals surface area contributed by atoms with Gasteiger partial charge in [0, 0.05) is 11.8 Å². The van der Waals surface area contributed by atoms with E-state index in [1.807, 2.05) is 13.8 Å². The Balaban J connectivity index is 2.20. The lowest BCUT2D eigenvalue weighted by atomic mass is 10.1. The van der Waals surface area contributed by atoms with E-state index in [-0.39, 0.29) is 0 Å². The number of pyridine rings is 1. The zero-order chi connectivity index (χ0) is 13.0. The van der Waals surface area contributed by atoms with Crippen molar-refractivity contribution in [1.82, 2.24) is 14.6 Å². The van der Waals surface area contributed by atoms with Crippen LogP contribution in [-0.2, 0) is 0 Å². The lowest BCUT2D eigenvalue weighted by molar-refractivity contribution is 0.221. The molecule has 5 nitrogen and oxygen atoms in total. The van der Waals surface area contributed by atoms with Crippen molar-refractivity contribution >= 4 is 11.5 Å². The summed E-state index contributed by atoms with van der Waals surface area (Å²) in [6, 6.07) is 1.80. The molecule has 0 amide bonds. The van der Waals surface area contributed by atoms with Gasteiger partial charge in [0.05, 0.1) is 23.4 Å². The number of hydrogen-bond donors (Lipinski definition) is 1. The molecule has 0 aromatic carbocycles. The fraction of sp³-hybridized carbons (Fsp3) is 0.417. The van der Waals surface area contributed by atoms with E-state index < -0.39 is 6.10 Å². The van der Waals surface area contributed by atoms with Crippen LogP contribution in [-0.4, -0.2) is 26.3 Å². The van der Waals surface area contributed by atoms with Crippen LogP contribution in [0.4, 0.5) is 0 Å². The van der Waals surface area contributed by atoms with Crippen molar-refractivity contribution < 1.29 is 9.84 Å². The molecule has 0 saturated carbocycles. The fourth-order valence-corrected chi connectivity index (χ4v) is 2.18. The van der Waals surface area contributed by atoms with E-state index in [0.29, 0.717) is 17.9 Å². The lowest BCUT2D eigenvalue weighted by Crippen LogP contribution is -2.02. The van der Waals surface area contributed by atoms with Gasteiger partial charge in [-0.05, 0) is 30.9 Å². The highest BCUT2D eigenvalue weighted by molar-refractivity contribution is 7.05. The van der Waals surface area contributed by atoms with E-state index in [1.165, 1.54) is 11.5 Å². The highest BCUT2D eigenvalue weighted by Gasteiger charge is 2.17. The topological polar surface area (TPSA) is 68.1 Å². The van der Waals surface area contributed by atoms with Gasteiger partial charge in [-0.2, -0.15) is 0 Å². The summed E-state index contributed by atoms with van der Waals surface area (Å²) in [5, 5.41) is 14.1. The molecule has 2 heterocycles. The van der Waals surface area contributed by atoms with Crippen LogP contribution < -0.4 is 4.74 Å². The van der Waals surface area contributed by atoms with Crippen molar-refractivity contribution in [2.75, 3.05) is 6.61 Å². The summed E-state index contributed by atoms with van der Waals surface area (Å²) in [5.74, 6) is 0.670. The number of aliphatic hydroxyl groups excluding tert-OH is 1. The molecule has 1 unspecified atom stereocenters. The summed E-state index contributed by atoms with van der Waals surface area (Å²) in [5.41, 5.74) is 1.44. The normalized spacial score (nSPS) is 12.4. The van der Waals surface area contributed by atoms with Crippen LogP contribution in [0.25, 0.3) is 0 Å². The number of aryl methyl sites for hydroxylation is 1. The first-order chi connectivity index (χ1) is 8.72. The van der Waals surface area contributed by atoms with Crippen molar-refractivity contribution in [1.29, 1.82) is 0 Å². The van der Waals surface area contributed by atoms with Gasteiger partial charge in [0.1, 0.15) is 11.9 Å². The van der Waals surface area contributed by atoms with Gasteiger partial charge in [0.25, 0.3) is 0 Å². The number of ether oxygens (including phenoxy) is 1. The van der Waals surface area contributed by atoms with Gasteiger partial charge in [0.2, 0.25) is 0 Å². The summed E-state index contributed by atoms with van der Waals surface area (Å²) in [6.45, 7) is 4.51. The minimum absolute atomic E-state index is 0.641. The Labute approximate surface area is 110 Å². The molecule has 0 saturated heterocycles. The Morgan fingerprint density at radius 3 is 2.94 bits per heavy atom. The highest BCUT2D eigenvalue weighted by atomic mass is 32.1. The van der Waals surface area contributed by atoms with Crippen molar-refractivity contribution in [3.63, 3.8) is 0 Å². The fourth-order valence-electron chi connectivity index (χ4n) is 1.52. The van der Waals surface area contributed by atoms with Crippen LogP contribution in [0.1, 0.15) is 35.6 Å². The Kier molecular flexibility index (Phi) is 4.22. The van der Waals surface area contributed by atoms with Gasteiger partial charge in [-0.25, -0.2) is 0 Å². The number of hydrogen-bond acceptors (Lipinski definition) is 6. The van der Waals surface area contributed by atoms with Crippen LogP contribution in [0.15, 0.2) is 18.5 Å². The molecule has 0 bridgehead atoms. The van der Waals surface area contributed by atoms with Crippen molar-refractivity contribution in [2.45, 2.75) is 26.4 Å². The Bertz CT molecular complexity index is 516. The van der Waals surface area contributed by atoms with Gasteiger partial charge < -0.3 is 9.84 Å². The van der Waals surface area contributed by atoms with E-state index in [4.69, 9.17) is 4.74 Å². The summed E-state index contributed by atoms with van der Waals surface area (Å²) in [4.78, 5) is 4.82. The van der Waals surface area contributed by atoms with Crippen LogP contribution in [0.3, 0.4) is 0 Å². The first-order valence-electron chi connectivity index (χ1n) is 5.77. The number of rotatable bonds is 5. The minimum atomic E-state index is -0.748. The highest BCUT2D eigenvalue weighted by Crippen LogP contribution is 2.27. The molecule has 6 heteroatoms. The molecule has 0 aliphatic heterocycles. The molecule has 0 fully saturated rings. The first-order valence-corrected chi connectivity index (χ1v) is 6.54. The Hall–Kier alpha value is -1.53. The molecule has 0 spiro atoms. The molecule has 0 aliphatic rings. The molecule has 1 N–H and O–H groups in total. The minimum Gasteiger partial charge on any atom is -0.492 e. The van der Waals surface area contributed by atoms with E-state index in [0.717, 1.165) is 17.0 Å². The second-order valence-corrected chi connectivity index (χ2v) is 4.71.